The Morgan fingerprint density at radius 1 is 1.27 bits per heavy atom. The maximum atomic E-state index is 14.0. The summed E-state index contributed by atoms with van der Waals surface area (Å²) in [5, 5.41) is 18.7. The van der Waals surface area contributed by atoms with E-state index in [-0.39, 0.29) is 46.8 Å². The third-order valence-corrected chi connectivity index (χ3v) is 5.23. The van der Waals surface area contributed by atoms with Gasteiger partial charge in [-0.05, 0) is 50.1 Å². The molecule has 30 heavy (non-hydrogen) atoms. The molecule has 1 aromatic carbocycles. The van der Waals surface area contributed by atoms with Crippen molar-refractivity contribution in [3.05, 3.63) is 51.5 Å². The van der Waals surface area contributed by atoms with Gasteiger partial charge in [0.1, 0.15) is 10.7 Å². The first-order valence-corrected chi connectivity index (χ1v) is 9.93. The lowest BCUT2D eigenvalue weighted by Crippen LogP contribution is -2.33. The van der Waals surface area contributed by atoms with Crippen LogP contribution in [0.5, 0.6) is 5.75 Å². The number of amides is 1. The molecule has 0 aliphatic rings. The summed E-state index contributed by atoms with van der Waals surface area (Å²) in [5.74, 6) is -3.22. The van der Waals surface area contributed by atoms with Gasteiger partial charge in [-0.25, -0.2) is 9.18 Å². The van der Waals surface area contributed by atoms with Crippen molar-refractivity contribution in [2.45, 2.75) is 38.6 Å². The molecule has 0 radical (unpaired) electrons. The zero-order chi connectivity index (χ0) is 22.3. The second kappa shape index (κ2) is 10.5. The fourth-order valence-corrected chi connectivity index (χ4v) is 3.40. The first-order chi connectivity index (χ1) is 14.2. The van der Waals surface area contributed by atoms with E-state index in [1.54, 1.807) is 13.0 Å². The maximum absolute atomic E-state index is 14.0. The first kappa shape index (κ1) is 23.0. The van der Waals surface area contributed by atoms with Crippen molar-refractivity contribution in [3.8, 4) is 5.75 Å². The van der Waals surface area contributed by atoms with Gasteiger partial charge in [0.15, 0.2) is 11.6 Å². The van der Waals surface area contributed by atoms with E-state index in [4.69, 9.17) is 21.0 Å². The van der Waals surface area contributed by atoms with Gasteiger partial charge < -0.3 is 20.9 Å². The lowest BCUT2D eigenvalue weighted by Gasteiger charge is -2.12. The highest BCUT2D eigenvalue weighted by Crippen LogP contribution is 2.23. The lowest BCUT2D eigenvalue weighted by atomic mass is 10.1. The second-order valence-electron chi connectivity index (χ2n) is 6.62. The SMILES string of the molecule is CC(CCC(=O)O)NC(=O)CCc1ccc(C(=O)Oc2ccc(C(=N)N)cc2F)s1. The van der Waals surface area contributed by atoms with Gasteiger partial charge in [-0.2, -0.15) is 0 Å². The van der Waals surface area contributed by atoms with Crippen molar-refractivity contribution >= 4 is 35.0 Å². The van der Waals surface area contributed by atoms with Crippen molar-refractivity contribution in [1.29, 1.82) is 5.41 Å². The number of nitrogens with one attached hydrogen (secondary N) is 2. The molecule has 0 bridgehead atoms. The average molecular weight is 435 g/mol. The van der Waals surface area contributed by atoms with E-state index in [0.29, 0.717) is 12.8 Å². The molecule has 0 fully saturated rings. The Labute approximate surface area is 176 Å². The number of nitrogen functional groups attached to an aromatic ring is 1. The molecule has 8 nitrogen and oxygen atoms in total. The molecule has 0 spiro atoms. The molecule has 2 aromatic rings. The highest BCUT2D eigenvalue weighted by atomic mass is 32.1. The number of carboxylic acids is 1. The van der Waals surface area contributed by atoms with E-state index >= 15 is 0 Å². The largest absolute Gasteiger partial charge is 0.481 e. The molecule has 2 rings (SSSR count). The van der Waals surface area contributed by atoms with E-state index in [2.05, 4.69) is 5.32 Å². The number of hydrogen-bond acceptors (Lipinski definition) is 6. The Hall–Kier alpha value is -3.27. The quantitative estimate of drug-likeness (QED) is 0.196. The van der Waals surface area contributed by atoms with Crippen molar-refractivity contribution in [2.24, 2.45) is 5.73 Å². The molecule has 1 heterocycles. The fraction of sp³-hybridized carbons (Fsp3) is 0.300. The summed E-state index contributed by atoms with van der Waals surface area (Å²) in [4.78, 5) is 35.8. The number of benzene rings is 1. The van der Waals surface area contributed by atoms with Crippen LogP contribution in [0, 0.1) is 11.2 Å². The Balaban J connectivity index is 1.87. The molecule has 1 aromatic heterocycles. The van der Waals surface area contributed by atoms with E-state index in [0.717, 1.165) is 22.3 Å². The first-order valence-electron chi connectivity index (χ1n) is 9.11. The van der Waals surface area contributed by atoms with Crippen LogP contribution in [0.2, 0.25) is 0 Å². The van der Waals surface area contributed by atoms with E-state index in [9.17, 15) is 18.8 Å². The van der Waals surface area contributed by atoms with Crippen LogP contribution in [0.15, 0.2) is 30.3 Å². The smallest absolute Gasteiger partial charge is 0.353 e. The number of ether oxygens (including phenoxy) is 1. The van der Waals surface area contributed by atoms with Crippen LogP contribution in [0.4, 0.5) is 4.39 Å². The number of amidine groups is 1. The van der Waals surface area contributed by atoms with Crippen LogP contribution in [0.3, 0.4) is 0 Å². The number of hydrogen-bond donors (Lipinski definition) is 4. The number of carboxylic acid groups (broad SMARTS) is 1. The molecular formula is C20H22FN3O5S. The zero-order valence-electron chi connectivity index (χ0n) is 16.2. The summed E-state index contributed by atoms with van der Waals surface area (Å²) in [6.07, 6.45) is 0.917. The van der Waals surface area contributed by atoms with Crippen molar-refractivity contribution in [2.75, 3.05) is 0 Å². The molecule has 0 saturated heterocycles. The molecule has 160 valence electrons. The molecule has 1 atom stereocenters. The minimum atomic E-state index is -0.913. The molecule has 0 aliphatic carbocycles. The summed E-state index contributed by atoms with van der Waals surface area (Å²) < 4.78 is 19.1. The summed E-state index contributed by atoms with van der Waals surface area (Å²) in [7, 11) is 0. The Morgan fingerprint density at radius 3 is 2.63 bits per heavy atom. The highest BCUT2D eigenvalue weighted by Gasteiger charge is 2.16. The molecule has 0 saturated carbocycles. The number of aryl methyl sites for hydroxylation is 1. The third-order valence-electron chi connectivity index (χ3n) is 4.11. The molecular weight excluding hydrogens is 413 g/mol. The van der Waals surface area contributed by atoms with Crippen LogP contribution < -0.4 is 15.8 Å². The van der Waals surface area contributed by atoms with Crippen LogP contribution in [-0.4, -0.2) is 34.8 Å². The predicted molar refractivity (Wildman–Crippen MR) is 109 cm³/mol. The Morgan fingerprint density at radius 2 is 2.00 bits per heavy atom. The molecule has 0 aliphatic heterocycles. The molecule has 10 heteroatoms. The van der Waals surface area contributed by atoms with Gasteiger partial charge >= 0.3 is 11.9 Å². The average Bonchev–Trinajstić information content (AvgIpc) is 3.15. The molecule has 5 N–H and O–H groups in total. The van der Waals surface area contributed by atoms with E-state index in [1.807, 2.05) is 0 Å². The summed E-state index contributed by atoms with van der Waals surface area (Å²) in [6.45, 7) is 1.74. The van der Waals surface area contributed by atoms with Gasteiger partial charge in [-0.1, -0.05) is 0 Å². The van der Waals surface area contributed by atoms with E-state index < -0.39 is 17.8 Å². The number of halogens is 1. The number of carbonyl (C=O) groups excluding carboxylic acids is 2. The number of nitrogens with two attached hydrogens (primary N) is 1. The summed E-state index contributed by atoms with van der Waals surface area (Å²) in [5.41, 5.74) is 5.47. The number of thiophene rings is 1. The monoisotopic (exact) mass is 435 g/mol. The third kappa shape index (κ3) is 6.96. The van der Waals surface area contributed by atoms with Crippen LogP contribution in [-0.2, 0) is 16.0 Å². The van der Waals surface area contributed by atoms with Gasteiger partial charge in [0.25, 0.3) is 0 Å². The molecule has 1 amide bonds. The van der Waals surface area contributed by atoms with E-state index in [1.165, 1.54) is 18.2 Å². The minimum Gasteiger partial charge on any atom is -0.481 e. The minimum absolute atomic E-state index is 0.0179. The van der Waals surface area contributed by atoms with Gasteiger partial charge in [-0.3, -0.25) is 15.0 Å². The van der Waals surface area contributed by atoms with Gasteiger partial charge in [-0.15, -0.1) is 11.3 Å². The maximum Gasteiger partial charge on any atom is 0.353 e. The normalized spacial score (nSPS) is 11.5. The lowest BCUT2D eigenvalue weighted by molar-refractivity contribution is -0.137. The summed E-state index contributed by atoms with van der Waals surface area (Å²) in [6, 6.07) is 6.61. The van der Waals surface area contributed by atoms with Crippen molar-refractivity contribution in [1.82, 2.24) is 5.32 Å². The topological polar surface area (TPSA) is 143 Å². The number of carbonyl (C=O) groups is 3. The number of rotatable bonds is 10. The van der Waals surface area contributed by atoms with Crippen molar-refractivity contribution < 1.29 is 28.6 Å². The van der Waals surface area contributed by atoms with Crippen LogP contribution in [0.1, 0.15) is 46.3 Å². The Kier molecular flexibility index (Phi) is 8.05. The standard InChI is InChI=1S/C20H22FN3O5S/c1-11(2-9-18(26)27)24-17(25)8-5-13-4-7-16(30-13)20(28)29-15-6-3-12(19(22)23)10-14(15)21/h3-4,6-7,10-11H,2,5,8-9H2,1H3,(H3,22,23)(H,24,25)(H,26,27). The zero-order valence-corrected chi connectivity index (χ0v) is 17.1. The predicted octanol–water partition coefficient (Wildman–Crippen LogP) is 2.69. The van der Waals surface area contributed by atoms with Crippen LogP contribution >= 0.6 is 11.3 Å². The number of aliphatic carboxylic acids is 1. The molecule has 1 unspecified atom stereocenters. The number of esters is 1. The van der Waals surface area contributed by atoms with Crippen molar-refractivity contribution in [3.63, 3.8) is 0 Å². The Bertz CT molecular complexity index is 960. The van der Waals surface area contributed by atoms with Gasteiger partial charge in [0.2, 0.25) is 5.91 Å². The second-order valence-corrected chi connectivity index (χ2v) is 7.78. The summed E-state index contributed by atoms with van der Waals surface area (Å²) >= 11 is 1.14. The fourth-order valence-electron chi connectivity index (χ4n) is 2.52. The van der Waals surface area contributed by atoms with Crippen LogP contribution in [0.25, 0.3) is 0 Å². The van der Waals surface area contributed by atoms with Gasteiger partial charge in [0.05, 0.1) is 0 Å². The highest BCUT2D eigenvalue weighted by molar-refractivity contribution is 7.13. The van der Waals surface area contributed by atoms with Gasteiger partial charge in [0, 0.05) is 29.3 Å².